The second-order valence-electron chi connectivity index (χ2n) is 6.25. The predicted octanol–water partition coefficient (Wildman–Crippen LogP) is 4.07. The van der Waals surface area contributed by atoms with Crippen molar-refractivity contribution in [1.82, 2.24) is 5.32 Å². The fourth-order valence-electron chi connectivity index (χ4n) is 3.86. The van der Waals surface area contributed by atoms with Gasteiger partial charge in [0, 0.05) is 23.8 Å². The number of piperidine rings is 1. The van der Waals surface area contributed by atoms with Crippen molar-refractivity contribution in [3.05, 3.63) is 23.2 Å². The topological polar surface area (TPSA) is 33.3 Å². The van der Waals surface area contributed by atoms with E-state index in [1.807, 2.05) is 12.1 Å². The Hall–Kier alpha value is -0.930. The number of anilines is 1. The highest BCUT2D eigenvalue weighted by molar-refractivity contribution is 6.32. The SMILES string of the molecule is COc1cc(NC2CCCC2C2CCCCN2)ccc1Cl. The number of methoxy groups -OCH3 is 1. The maximum absolute atomic E-state index is 6.10. The number of halogens is 1. The van der Waals surface area contributed by atoms with Gasteiger partial charge in [-0.25, -0.2) is 0 Å². The molecule has 1 aliphatic carbocycles. The summed E-state index contributed by atoms with van der Waals surface area (Å²) in [6.45, 7) is 1.18. The van der Waals surface area contributed by atoms with Crippen LogP contribution in [-0.4, -0.2) is 25.7 Å². The molecule has 1 aliphatic heterocycles. The van der Waals surface area contributed by atoms with Crippen molar-refractivity contribution in [3.63, 3.8) is 0 Å². The number of ether oxygens (including phenoxy) is 1. The first-order valence-corrected chi connectivity index (χ1v) is 8.49. The first-order chi connectivity index (χ1) is 10.3. The number of hydrogen-bond acceptors (Lipinski definition) is 3. The van der Waals surface area contributed by atoms with Gasteiger partial charge in [0.2, 0.25) is 0 Å². The number of rotatable bonds is 4. The molecule has 1 aromatic carbocycles. The molecule has 4 heteroatoms. The predicted molar refractivity (Wildman–Crippen MR) is 88.4 cm³/mol. The fraction of sp³-hybridized carbons (Fsp3) is 0.647. The smallest absolute Gasteiger partial charge is 0.139 e. The minimum absolute atomic E-state index is 0.562. The van der Waals surface area contributed by atoms with E-state index >= 15 is 0 Å². The van der Waals surface area contributed by atoms with E-state index < -0.39 is 0 Å². The molecular formula is C17H25ClN2O. The zero-order valence-corrected chi connectivity index (χ0v) is 13.5. The van der Waals surface area contributed by atoms with Crippen LogP contribution in [0.4, 0.5) is 5.69 Å². The van der Waals surface area contributed by atoms with Crippen molar-refractivity contribution >= 4 is 17.3 Å². The van der Waals surface area contributed by atoms with Crippen molar-refractivity contribution in [2.24, 2.45) is 5.92 Å². The molecule has 3 rings (SSSR count). The van der Waals surface area contributed by atoms with Gasteiger partial charge in [-0.3, -0.25) is 0 Å². The van der Waals surface area contributed by atoms with Crippen LogP contribution in [0, 0.1) is 5.92 Å². The van der Waals surface area contributed by atoms with Gasteiger partial charge in [-0.2, -0.15) is 0 Å². The summed E-state index contributed by atoms with van der Waals surface area (Å²) in [4.78, 5) is 0. The Bertz CT molecular complexity index is 474. The number of nitrogens with one attached hydrogen (secondary N) is 2. The standard InChI is InChI=1S/C17H25ClN2O/c1-21-17-11-12(8-9-14(17)18)20-16-7-4-5-13(16)15-6-2-3-10-19-15/h8-9,11,13,15-16,19-20H,2-7,10H2,1H3. The molecule has 2 N–H and O–H groups in total. The van der Waals surface area contributed by atoms with Gasteiger partial charge in [-0.05, 0) is 50.3 Å². The molecule has 1 saturated carbocycles. The highest BCUT2D eigenvalue weighted by Gasteiger charge is 2.34. The van der Waals surface area contributed by atoms with Crippen LogP contribution in [0.5, 0.6) is 5.75 Å². The van der Waals surface area contributed by atoms with Crippen LogP contribution in [0.2, 0.25) is 5.02 Å². The lowest BCUT2D eigenvalue weighted by Crippen LogP contribution is -2.44. The van der Waals surface area contributed by atoms with E-state index in [4.69, 9.17) is 16.3 Å². The van der Waals surface area contributed by atoms with E-state index in [-0.39, 0.29) is 0 Å². The second-order valence-corrected chi connectivity index (χ2v) is 6.66. The van der Waals surface area contributed by atoms with Gasteiger partial charge >= 0.3 is 0 Å². The van der Waals surface area contributed by atoms with Crippen LogP contribution in [0.1, 0.15) is 38.5 Å². The highest BCUT2D eigenvalue weighted by Crippen LogP contribution is 2.35. The summed E-state index contributed by atoms with van der Waals surface area (Å²) in [5.41, 5.74) is 1.11. The van der Waals surface area contributed by atoms with Crippen molar-refractivity contribution in [2.75, 3.05) is 19.0 Å². The molecule has 0 amide bonds. The molecule has 0 radical (unpaired) electrons. The summed E-state index contributed by atoms with van der Waals surface area (Å²) < 4.78 is 5.31. The van der Waals surface area contributed by atoms with Crippen LogP contribution in [0.3, 0.4) is 0 Å². The van der Waals surface area contributed by atoms with Crippen LogP contribution in [0.25, 0.3) is 0 Å². The summed E-state index contributed by atoms with van der Waals surface area (Å²) >= 11 is 6.10. The van der Waals surface area contributed by atoms with Gasteiger partial charge in [0.05, 0.1) is 12.1 Å². The maximum atomic E-state index is 6.10. The molecule has 0 aromatic heterocycles. The van der Waals surface area contributed by atoms with E-state index in [1.165, 1.54) is 45.1 Å². The van der Waals surface area contributed by atoms with Gasteiger partial charge < -0.3 is 15.4 Å². The molecule has 3 nitrogen and oxygen atoms in total. The van der Waals surface area contributed by atoms with Crippen LogP contribution >= 0.6 is 11.6 Å². The molecule has 3 atom stereocenters. The zero-order chi connectivity index (χ0) is 14.7. The van der Waals surface area contributed by atoms with Gasteiger partial charge in [0.25, 0.3) is 0 Å². The Balaban J connectivity index is 1.68. The van der Waals surface area contributed by atoms with E-state index in [2.05, 4.69) is 16.7 Å². The zero-order valence-electron chi connectivity index (χ0n) is 12.7. The van der Waals surface area contributed by atoms with Gasteiger partial charge in [0.1, 0.15) is 5.75 Å². The lowest BCUT2D eigenvalue weighted by atomic mass is 9.88. The summed E-state index contributed by atoms with van der Waals surface area (Å²) in [6, 6.07) is 7.21. The molecule has 21 heavy (non-hydrogen) atoms. The highest BCUT2D eigenvalue weighted by atomic mass is 35.5. The number of hydrogen-bond donors (Lipinski definition) is 2. The average Bonchev–Trinajstić information content (AvgIpc) is 2.98. The molecule has 1 heterocycles. The van der Waals surface area contributed by atoms with Crippen LogP contribution < -0.4 is 15.4 Å². The van der Waals surface area contributed by atoms with Gasteiger partial charge in [0.15, 0.2) is 0 Å². The molecule has 2 aliphatic rings. The summed E-state index contributed by atoms with van der Waals surface area (Å²) in [5.74, 6) is 1.49. The van der Waals surface area contributed by atoms with Crippen molar-refractivity contribution < 1.29 is 4.74 Å². The molecule has 1 saturated heterocycles. The van der Waals surface area contributed by atoms with E-state index in [9.17, 15) is 0 Å². The van der Waals surface area contributed by atoms with E-state index in [1.54, 1.807) is 7.11 Å². The Kier molecular flexibility index (Phi) is 4.91. The molecule has 2 fully saturated rings. The lowest BCUT2D eigenvalue weighted by molar-refractivity contribution is 0.286. The van der Waals surface area contributed by atoms with Crippen molar-refractivity contribution in [3.8, 4) is 5.75 Å². The van der Waals surface area contributed by atoms with Crippen LogP contribution in [0.15, 0.2) is 18.2 Å². The number of benzene rings is 1. The second kappa shape index (κ2) is 6.89. The fourth-order valence-corrected chi connectivity index (χ4v) is 4.05. The molecule has 3 unspecified atom stereocenters. The third kappa shape index (κ3) is 3.46. The summed E-state index contributed by atoms with van der Waals surface area (Å²) in [6.07, 6.45) is 7.94. The Morgan fingerprint density at radius 1 is 1.19 bits per heavy atom. The minimum Gasteiger partial charge on any atom is -0.495 e. The van der Waals surface area contributed by atoms with E-state index in [0.717, 1.165) is 17.4 Å². The van der Waals surface area contributed by atoms with Crippen LogP contribution in [-0.2, 0) is 0 Å². The Morgan fingerprint density at radius 3 is 2.86 bits per heavy atom. The first kappa shape index (κ1) is 15.0. The Morgan fingerprint density at radius 2 is 2.10 bits per heavy atom. The lowest BCUT2D eigenvalue weighted by Gasteiger charge is -2.33. The monoisotopic (exact) mass is 308 g/mol. The maximum Gasteiger partial charge on any atom is 0.139 e. The Labute approximate surface area is 132 Å². The normalized spacial score (nSPS) is 29.3. The molecule has 1 aromatic rings. The average molecular weight is 309 g/mol. The van der Waals surface area contributed by atoms with E-state index in [0.29, 0.717) is 17.1 Å². The molecule has 0 spiro atoms. The van der Waals surface area contributed by atoms with Gasteiger partial charge in [-0.15, -0.1) is 0 Å². The molecule has 116 valence electrons. The third-order valence-corrected chi connectivity index (χ3v) is 5.25. The molecular weight excluding hydrogens is 284 g/mol. The van der Waals surface area contributed by atoms with Crippen molar-refractivity contribution in [1.29, 1.82) is 0 Å². The quantitative estimate of drug-likeness (QED) is 0.879. The minimum atomic E-state index is 0.562. The summed E-state index contributed by atoms with van der Waals surface area (Å²) in [5, 5.41) is 8.10. The largest absolute Gasteiger partial charge is 0.495 e. The third-order valence-electron chi connectivity index (χ3n) is 4.94. The van der Waals surface area contributed by atoms with Crippen molar-refractivity contribution in [2.45, 2.75) is 50.6 Å². The summed E-state index contributed by atoms with van der Waals surface area (Å²) in [7, 11) is 1.66. The first-order valence-electron chi connectivity index (χ1n) is 8.11. The molecule has 0 bridgehead atoms. The van der Waals surface area contributed by atoms with Gasteiger partial charge in [-0.1, -0.05) is 24.4 Å².